The molecule has 0 aliphatic carbocycles. The first-order valence-electron chi connectivity index (χ1n) is 8.33. The van der Waals surface area contributed by atoms with Crippen molar-refractivity contribution in [3.8, 4) is 0 Å². The molecule has 0 saturated carbocycles. The maximum atomic E-state index is 12.1. The van der Waals surface area contributed by atoms with Crippen LogP contribution in [0.4, 0.5) is 15.3 Å². The van der Waals surface area contributed by atoms with Gasteiger partial charge in [0, 0.05) is 12.2 Å². The molecule has 0 radical (unpaired) electrons. The number of amides is 4. The Hall–Kier alpha value is -2.39. The second-order valence-electron chi connectivity index (χ2n) is 6.10. The van der Waals surface area contributed by atoms with Crippen LogP contribution in [0.3, 0.4) is 0 Å². The molecule has 1 aromatic carbocycles. The Balaban J connectivity index is 1.50. The first-order chi connectivity index (χ1) is 12.9. The monoisotopic (exact) mass is 410 g/mol. The molecule has 2 heterocycles. The summed E-state index contributed by atoms with van der Waals surface area (Å²) in [6.45, 7) is 0.901. The van der Waals surface area contributed by atoms with Crippen LogP contribution in [0.5, 0.6) is 0 Å². The van der Waals surface area contributed by atoms with Crippen LogP contribution in [0, 0.1) is 0 Å². The highest BCUT2D eigenvalue weighted by atomic mass is 35.5. The van der Waals surface area contributed by atoms with E-state index in [1.54, 1.807) is 24.3 Å². The van der Waals surface area contributed by atoms with Crippen molar-refractivity contribution in [3.63, 3.8) is 0 Å². The van der Waals surface area contributed by atoms with Gasteiger partial charge in [-0.15, -0.1) is 11.8 Å². The smallest absolute Gasteiger partial charge is 0.414 e. The largest absolute Gasteiger partial charge is 0.442 e. The summed E-state index contributed by atoms with van der Waals surface area (Å²) >= 11 is 7.20. The minimum Gasteiger partial charge on any atom is -0.442 e. The molecule has 2 atom stereocenters. The van der Waals surface area contributed by atoms with E-state index in [0.717, 1.165) is 5.56 Å². The molecule has 0 aromatic heterocycles. The topological polar surface area (TPSA) is 114 Å². The number of nitrogens with zero attached hydrogens (tertiary/aromatic N) is 1. The maximum absolute atomic E-state index is 12.1. The van der Waals surface area contributed by atoms with Crippen molar-refractivity contribution >= 4 is 47.1 Å². The Labute approximate surface area is 165 Å². The van der Waals surface area contributed by atoms with E-state index in [0.29, 0.717) is 29.6 Å². The Bertz CT molecular complexity index is 771. The minimum atomic E-state index is -0.596. The third-order valence-corrected chi connectivity index (χ3v) is 5.64. The molecule has 2 unspecified atom stereocenters. The van der Waals surface area contributed by atoms with Crippen molar-refractivity contribution in [2.45, 2.75) is 24.3 Å². The van der Waals surface area contributed by atoms with E-state index >= 15 is 0 Å². The van der Waals surface area contributed by atoms with Crippen LogP contribution in [0.15, 0.2) is 34.7 Å². The standard InChI is InChI=1S/C17H19ClN4O4S/c18-14-6-5-13(27-14)15(23)20-8-12-9-22(17(25)26-12)11-3-1-10(2-4-11)7-21-16(19)24/h1-4,6,12-13H,5,7-9H2,(H,20,23)(H3,19,21,24). The number of nitrogens with two attached hydrogens (primary N) is 1. The Morgan fingerprint density at radius 3 is 2.67 bits per heavy atom. The first kappa shape index (κ1) is 19.4. The fraction of sp³-hybridized carbons (Fsp3) is 0.353. The number of thioether (sulfide) groups is 1. The van der Waals surface area contributed by atoms with Gasteiger partial charge >= 0.3 is 12.1 Å². The van der Waals surface area contributed by atoms with Crippen molar-refractivity contribution in [1.29, 1.82) is 0 Å². The number of carbonyl (C=O) groups excluding carboxylic acids is 3. The van der Waals surface area contributed by atoms with E-state index in [1.165, 1.54) is 16.7 Å². The average Bonchev–Trinajstić information content (AvgIpc) is 3.24. The molecule has 10 heteroatoms. The summed E-state index contributed by atoms with van der Waals surface area (Å²) < 4.78 is 5.95. The lowest BCUT2D eigenvalue weighted by molar-refractivity contribution is -0.120. The van der Waals surface area contributed by atoms with Crippen molar-refractivity contribution in [3.05, 3.63) is 40.3 Å². The lowest BCUT2D eigenvalue weighted by atomic mass is 10.2. The van der Waals surface area contributed by atoms with Crippen LogP contribution < -0.4 is 21.3 Å². The molecule has 8 nitrogen and oxygen atoms in total. The molecule has 4 N–H and O–H groups in total. The number of benzene rings is 1. The molecule has 4 amide bonds. The zero-order valence-electron chi connectivity index (χ0n) is 14.3. The highest BCUT2D eigenvalue weighted by Crippen LogP contribution is 2.34. The molecular formula is C17H19ClN4O4S. The number of anilines is 1. The van der Waals surface area contributed by atoms with Gasteiger partial charge in [0.05, 0.1) is 22.7 Å². The van der Waals surface area contributed by atoms with Gasteiger partial charge < -0.3 is 21.1 Å². The molecule has 2 aliphatic heterocycles. The van der Waals surface area contributed by atoms with Crippen LogP contribution in [0.1, 0.15) is 12.0 Å². The number of ether oxygens (including phenoxy) is 1. The van der Waals surface area contributed by atoms with Crippen molar-refractivity contribution < 1.29 is 19.1 Å². The van der Waals surface area contributed by atoms with Gasteiger partial charge in [-0.3, -0.25) is 9.69 Å². The number of allylic oxidation sites excluding steroid dienone is 1. The molecule has 1 saturated heterocycles. The van der Waals surface area contributed by atoms with E-state index in [9.17, 15) is 14.4 Å². The van der Waals surface area contributed by atoms with Crippen LogP contribution in [0.25, 0.3) is 0 Å². The summed E-state index contributed by atoms with van der Waals surface area (Å²) in [5.41, 5.74) is 6.58. The van der Waals surface area contributed by atoms with Gasteiger partial charge in [0.2, 0.25) is 5.91 Å². The number of primary amides is 1. The number of cyclic esters (lactones) is 1. The number of hydrogen-bond donors (Lipinski definition) is 3. The fourth-order valence-corrected chi connectivity index (χ4v) is 4.00. The third kappa shape index (κ3) is 5.08. The fourth-order valence-electron chi connectivity index (χ4n) is 2.74. The van der Waals surface area contributed by atoms with E-state index in [4.69, 9.17) is 22.1 Å². The van der Waals surface area contributed by atoms with Gasteiger partial charge in [-0.25, -0.2) is 9.59 Å². The predicted molar refractivity (Wildman–Crippen MR) is 103 cm³/mol. The number of hydrogen-bond acceptors (Lipinski definition) is 5. The zero-order chi connectivity index (χ0) is 19.4. The number of rotatable bonds is 6. The molecule has 27 heavy (non-hydrogen) atoms. The Morgan fingerprint density at radius 2 is 2.04 bits per heavy atom. The number of halogens is 1. The SMILES string of the molecule is NC(=O)NCc1ccc(N2CC(CNC(=O)C3CC=C(Cl)S3)OC2=O)cc1. The van der Waals surface area contributed by atoms with Crippen molar-refractivity contribution in [1.82, 2.24) is 10.6 Å². The summed E-state index contributed by atoms with van der Waals surface area (Å²) in [6, 6.07) is 6.52. The molecule has 1 aromatic rings. The van der Waals surface area contributed by atoms with Crippen molar-refractivity contribution in [2.75, 3.05) is 18.0 Å². The van der Waals surface area contributed by atoms with Gasteiger partial charge in [0.1, 0.15) is 6.10 Å². The molecule has 144 valence electrons. The van der Waals surface area contributed by atoms with E-state index in [1.807, 2.05) is 6.08 Å². The highest BCUT2D eigenvalue weighted by molar-refractivity contribution is 8.06. The lowest BCUT2D eigenvalue weighted by Crippen LogP contribution is -2.38. The van der Waals surface area contributed by atoms with Crippen molar-refractivity contribution in [2.24, 2.45) is 5.73 Å². The number of carbonyl (C=O) groups is 3. The molecular weight excluding hydrogens is 392 g/mol. The second kappa shape index (κ2) is 8.53. The summed E-state index contributed by atoms with van der Waals surface area (Å²) in [5, 5.41) is 5.08. The van der Waals surface area contributed by atoms with Crippen LogP contribution in [0.2, 0.25) is 0 Å². The van der Waals surface area contributed by atoms with E-state index in [2.05, 4.69) is 10.6 Å². The summed E-state index contributed by atoms with van der Waals surface area (Å²) in [5.74, 6) is -0.118. The van der Waals surface area contributed by atoms with Gasteiger partial charge in [-0.1, -0.05) is 29.8 Å². The maximum Gasteiger partial charge on any atom is 0.414 e. The average molecular weight is 411 g/mol. The minimum absolute atomic E-state index is 0.118. The van der Waals surface area contributed by atoms with Crippen LogP contribution in [-0.2, 0) is 16.1 Å². The van der Waals surface area contributed by atoms with Gasteiger partial charge in [0.25, 0.3) is 0 Å². The van der Waals surface area contributed by atoms with Gasteiger partial charge in [-0.05, 0) is 24.1 Å². The summed E-state index contributed by atoms with van der Waals surface area (Å²) in [4.78, 5) is 36.5. The Kier molecular flexibility index (Phi) is 6.12. The van der Waals surface area contributed by atoms with Crippen LogP contribution in [-0.4, -0.2) is 42.5 Å². The predicted octanol–water partition coefficient (Wildman–Crippen LogP) is 1.88. The summed E-state index contributed by atoms with van der Waals surface area (Å²) in [6.07, 6.45) is 1.53. The molecule has 1 fully saturated rings. The number of urea groups is 1. The molecule has 3 rings (SSSR count). The molecule has 0 spiro atoms. The lowest BCUT2D eigenvalue weighted by Gasteiger charge is -2.14. The highest BCUT2D eigenvalue weighted by Gasteiger charge is 2.33. The Morgan fingerprint density at radius 1 is 1.30 bits per heavy atom. The van der Waals surface area contributed by atoms with E-state index < -0.39 is 18.2 Å². The zero-order valence-corrected chi connectivity index (χ0v) is 15.9. The van der Waals surface area contributed by atoms with Crippen LogP contribution >= 0.6 is 23.4 Å². The first-order valence-corrected chi connectivity index (χ1v) is 9.58. The summed E-state index contributed by atoms with van der Waals surface area (Å²) in [7, 11) is 0. The third-order valence-electron chi connectivity index (χ3n) is 4.13. The molecule has 0 bridgehead atoms. The normalized spacial score (nSPS) is 21.6. The van der Waals surface area contributed by atoms with E-state index in [-0.39, 0.29) is 17.7 Å². The molecule has 2 aliphatic rings. The quantitative estimate of drug-likeness (QED) is 0.662. The van der Waals surface area contributed by atoms with Gasteiger partial charge in [0.15, 0.2) is 0 Å². The second-order valence-corrected chi connectivity index (χ2v) is 7.97. The van der Waals surface area contributed by atoms with Gasteiger partial charge in [-0.2, -0.15) is 0 Å². The number of nitrogens with one attached hydrogen (secondary N) is 2.